The van der Waals surface area contributed by atoms with Crippen LogP contribution in [0.25, 0.3) is 0 Å². The highest BCUT2D eigenvalue weighted by Crippen LogP contribution is 2.48. The van der Waals surface area contributed by atoms with Gasteiger partial charge in [0.25, 0.3) is 14.1 Å². The molecule has 1 aliphatic heterocycles. The van der Waals surface area contributed by atoms with Crippen LogP contribution in [0.15, 0.2) is 94.6 Å². The summed E-state index contributed by atoms with van der Waals surface area (Å²) < 4.78 is 42.9. The Balaban J connectivity index is 1.56. The molecule has 1 unspecified atom stereocenters. The molecule has 0 saturated carbocycles. The number of ether oxygens (including phenoxy) is 4. The Morgan fingerprint density at radius 3 is 1.83 bits per heavy atom. The molecule has 1 aromatic heterocycles. The quantitative estimate of drug-likeness (QED) is 0.0282. The van der Waals surface area contributed by atoms with Gasteiger partial charge < -0.3 is 32.9 Å². The molecule has 5 rings (SSSR count). The fraction of sp³-hybridized carbons (Fsp3) is 0.579. The number of hydrogen-bond acceptors (Lipinski definition) is 11. The van der Waals surface area contributed by atoms with Gasteiger partial charge in [0.2, 0.25) is 5.91 Å². The van der Waals surface area contributed by atoms with Crippen molar-refractivity contribution in [3.8, 4) is 17.6 Å². The van der Waals surface area contributed by atoms with Gasteiger partial charge in [0.05, 0.1) is 59.6 Å². The summed E-state index contributed by atoms with van der Waals surface area (Å²) in [5, 5.41) is 9.53. The molecule has 394 valence electrons. The molecule has 1 aliphatic rings. The van der Waals surface area contributed by atoms with Gasteiger partial charge >= 0.3 is 5.69 Å². The van der Waals surface area contributed by atoms with Gasteiger partial charge in [0.15, 0.2) is 6.23 Å². The number of morpholine rings is 1. The van der Waals surface area contributed by atoms with E-state index >= 15 is 0 Å². The van der Waals surface area contributed by atoms with Crippen molar-refractivity contribution in [3.05, 3.63) is 128 Å². The average molecular weight is 1010 g/mol. The summed E-state index contributed by atoms with van der Waals surface area (Å²) in [5.74, 6) is 1.26. The molecule has 0 aliphatic carbocycles. The van der Waals surface area contributed by atoms with E-state index in [-0.39, 0.29) is 57.3 Å². The highest BCUT2D eigenvalue weighted by atomic mass is 31.2. The van der Waals surface area contributed by atoms with E-state index in [0.717, 1.165) is 42.4 Å². The van der Waals surface area contributed by atoms with Crippen LogP contribution in [-0.2, 0) is 28.9 Å². The SMILES string of the molecule is CCCCCCCCCCCCCCCC(=O)N1C[C@H](n2cc(C)c(=O)[nH]c2=O)O[C@](COP(OCCC#N)N(C(C)C)C(C)C)(COC(c2ccccc2)(c2ccc(OC)cc2)c2ccc(OC)cc2)C1. The van der Waals surface area contributed by atoms with Gasteiger partial charge in [-0.25, -0.2) is 9.46 Å². The number of H-pyrrole nitrogens is 1. The monoisotopic (exact) mass is 1010 g/mol. The molecule has 14 nitrogen and oxygen atoms in total. The van der Waals surface area contributed by atoms with Crippen LogP contribution in [0.2, 0.25) is 0 Å². The summed E-state index contributed by atoms with van der Waals surface area (Å²) in [7, 11) is 1.46. The maximum atomic E-state index is 14.7. The number of carbonyl (C=O) groups is 1. The molecule has 1 saturated heterocycles. The zero-order chi connectivity index (χ0) is 51.9. The molecular formula is C57H82N5O9P. The fourth-order valence-electron chi connectivity index (χ4n) is 9.55. The van der Waals surface area contributed by atoms with Gasteiger partial charge in [-0.3, -0.25) is 19.1 Å². The third-order valence-corrected chi connectivity index (χ3v) is 15.4. The molecule has 3 aromatic carbocycles. The van der Waals surface area contributed by atoms with Crippen molar-refractivity contribution >= 4 is 14.4 Å². The zero-order valence-corrected chi connectivity index (χ0v) is 45.3. The van der Waals surface area contributed by atoms with Crippen LogP contribution in [0, 0.1) is 18.3 Å². The molecule has 0 radical (unpaired) electrons. The number of aromatic amines is 1. The van der Waals surface area contributed by atoms with Crippen molar-refractivity contribution in [2.45, 2.75) is 167 Å². The molecular weight excluding hydrogens is 930 g/mol. The summed E-state index contributed by atoms with van der Waals surface area (Å²) in [6, 6.07) is 27.6. The Morgan fingerprint density at radius 2 is 1.32 bits per heavy atom. The molecule has 1 amide bonds. The number of nitriles is 1. The van der Waals surface area contributed by atoms with Crippen LogP contribution in [0.5, 0.6) is 11.5 Å². The lowest BCUT2D eigenvalue weighted by Crippen LogP contribution is -2.61. The largest absolute Gasteiger partial charge is 0.497 e. The van der Waals surface area contributed by atoms with Crippen molar-refractivity contribution in [2.24, 2.45) is 0 Å². The van der Waals surface area contributed by atoms with Gasteiger partial charge in [-0.1, -0.05) is 139 Å². The Labute approximate surface area is 430 Å². The Hall–Kier alpha value is -4.87. The van der Waals surface area contributed by atoms with Gasteiger partial charge in [-0.05, 0) is 82.0 Å². The predicted octanol–water partition coefficient (Wildman–Crippen LogP) is 11.7. The first-order chi connectivity index (χ1) is 34.8. The number of hydrogen-bond donors (Lipinski definition) is 1. The van der Waals surface area contributed by atoms with Gasteiger partial charge in [-0.2, -0.15) is 5.26 Å². The standard InChI is InChI=1S/C57H82N5O9P/c1-9-10-11-12-13-14-15-16-17-18-19-20-24-28-52(63)60-40-53(61-39-46(6)54(64)59-55(61)65)71-56(41-60,43-70-72(69-38-25-37-58)62(44(2)3)45(4)5)42-68-57(47-26-22-21-23-27-47,48-29-33-50(66-7)34-30-48)49-31-35-51(67-8)36-32-49/h21-23,26-27,29-36,39,44-45,53H,9-20,24-25,28,38,40-43H2,1-8H3,(H,59,64,65)/t53-,56+,72?/m1/s1. The van der Waals surface area contributed by atoms with Crippen molar-refractivity contribution < 1.29 is 32.8 Å². The first-order valence-electron chi connectivity index (χ1n) is 26.3. The first-order valence-corrected chi connectivity index (χ1v) is 27.4. The van der Waals surface area contributed by atoms with Crippen molar-refractivity contribution in [1.29, 1.82) is 5.26 Å². The van der Waals surface area contributed by atoms with E-state index in [1.807, 2.05) is 78.9 Å². The number of unbranched alkanes of at least 4 members (excludes halogenated alkanes) is 12. The third kappa shape index (κ3) is 16.3. The molecule has 72 heavy (non-hydrogen) atoms. The van der Waals surface area contributed by atoms with Crippen LogP contribution in [0.4, 0.5) is 0 Å². The maximum absolute atomic E-state index is 14.7. The normalized spacial score (nSPS) is 16.6. The van der Waals surface area contributed by atoms with Crippen LogP contribution >= 0.6 is 8.53 Å². The number of aromatic nitrogens is 2. The van der Waals surface area contributed by atoms with E-state index < -0.39 is 37.2 Å². The Kier molecular flexibility index (Phi) is 24.0. The van der Waals surface area contributed by atoms with Gasteiger partial charge in [0, 0.05) is 30.3 Å². The maximum Gasteiger partial charge on any atom is 0.330 e. The lowest BCUT2D eigenvalue weighted by molar-refractivity contribution is -0.227. The lowest BCUT2D eigenvalue weighted by Gasteiger charge is -2.48. The number of carbonyl (C=O) groups excluding carboxylic acids is 1. The van der Waals surface area contributed by atoms with Gasteiger partial charge in [0.1, 0.15) is 22.7 Å². The van der Waals surface area contributed by atoms with Crippen molar-refractivity contribution in [1.82, 2.24) is 19.1 Å². The summed E-state index contributed by atoms with van der Waals surface area (Å²) in [6.45, 7) is 12.1. The van der Waals surface area contributed by atoms with E-state index in [9.17, 15) is 19.6 Å². The molecule has 2 heterocycles. The highest BCUT2D eigenvalue weighted by Gasteiger charge is 2.48. The Morgan fingerprint density at radius 1 is 0.792 bits per heavy atom. The zero-order valence-electron chi connectivity index (χ0n) is 44.4. The van der Waals surface area contributed by atoms with Crippen molar-refractivity contribution in [3.63, 3.8) is 0 Å². The molecule has 15 heteroatoms. The summed E-state index contributed by atoms with van der Waals surface area (Å²) >= 11 is 0. The second kappa shape index (κ2) is 29.7. The second-order valence-electron chi connectivity index (χ2n) is 19.6. The van der Waals surface area contributed by atoms with Crippen LogP contribution < -0.4 is 20.7 Å². The van der Waals surface area contributed by atoms with Crippen LogP contribution in [0.3, 0.4) is 0 Å². The minimum Gasteiger partial charge on any atom is -0.497 e. The van der Waals surface area contributed by atoms with Crippen molar-refractivity contribution in [2.75, 3.05) is 47.1 Å². The topological polar surface area (TPSA) is 158 Å². The second-order valence-corrected chi connectivity index (χ2v) is 21.1. The van der Waals surface area contributed by atoms with E-state index in [1.165, 1.54) is 68.6 Å². The molecule has 1 N–H and O–H groups in total. The lowest BCUT2D eigenvalue weighted by atomic mass is 9.79. The fourth-order valence-corrected chi connectivity index (χ4v) is 11.2. The van der Waals surface area contributed by atoms with Crippen LogP contribution in [0.1, 0.15) is 159 Å². The summed E-state index contributed by atoms with van der Waals surface area (Å²) in [5.41, 5.74) is -1.19. The number of amides is 1. The summed E-state index contributed by atoms with van der Waals surface area (Å²) in [4.78, 5) is 45.5. The molecule has 0 spiro atoms. The molecule has 1 fully saturated rings. The number of rotatable bonds is 32. The third-order valence-electron chi connectivity index (χ3n) is 13.4. The first kappa shape index (κ1) is 58.0. The molecule has 4 aromatic rings. The van der Waals surface area contributed by atoms with Crippen LogP contribution in [-0.4, -0.2) is 89.8 Å². The highest BCUT2D eigenvalue weighted by molar-refractivity contribution is 7.44. The predicted molar refractivity (Wildman–Crippen MR) is 285 cm³/mol. The van der Waals surface area contributed by atoms with E-state index in [2.05, 4.69) is 50.3 Å². The minimum absolute atomic E-state index is 0.00221. The average Bonchev–Trinajstić information content (AvgIpc) is 3.38. The number of aryl methyl sites for hydroxylation is 1. The number of benzene rings is 3. The number of methoxy groups -OCH3 is 2. The molecule has 0 bridgehead atoms. The van der Waals surface area contributed by atoms with E-state index in [4.69, 9.17) is 28.0 Å². The minimum atomic E-state index is -1.79. The Bertz CT molecular complexity index is 2310. The number of nitrogens with one attached hydrogen (secondary N) is 1. The smallest absolute Gasteiger partial charge is 0.330 e. The van der Waals surface area contributed by atoms with Gasteiger partial charge in [-0.15, -0.1) is 0 Å². The molecule has 3 atom stereocenters. The van der Waals surface area contributed by atoms with E-state index in [0.29, 0.717) is 23.5 Å². The van der Waals surface area contributed by atoms with E-state index in [1.54, 1.807) is 26.0 Å². The number of nitrogens with zero attached hydrogens (tertiary/aromatic N) is 4. The summed E-state index contributed by atoms with van der Waals surface area (Å²) in [6.07, 6.45) is 16.4.